The van der Waals surface area contributed by atoms with E-state index in [0.29, 0.717) is 27.7 Å². The molecule has 0 aromatic heterocycles. The first kappa shape index (κ1) is 16.6. The molecule has 5 nitrogen and oxygen atoms in total. The second kappa shape index (κ2) is 7.49. The number of nitrogens with one attached hydrogen (secondary N) is 2. The highest BCUT2D eigenvalue weighted by molar-refractivity contribution is 9.10. The first-order chi connectivity index (χ1) is 10.5. The van der Waals surface area contributed by atoms with Crippen molar-refractivity contribution in [3.8, 4) is 5.75 Å². The van der Waals surface area contributed by atoms with Crippen LogP contribution < -0.4 is 15.4 Å². The summed E-state index contributed by atoms with van der Waals surface area (Å²) in [4.78, 5) is 12.1. The zero-order valence-corrected chi connectivity index (χ0v) is 14.0. The summed E-state index contributed by atoms with van der Waals surface area (Å²) in [5.41, 5.74) is 1.59. The van der Waals surface area contributed by atoms with Gasteiger partial charge in [-0.15, -0.1) is 0 Å². The molecule has 2 rings (SSSR count). The Bertz CT molecular complexity index is 694. The third-order valence-corrected chi connectivity index (χ3v) is 3.55. The number of hydrogen-bond donors (Lipinski definition) is 3. The molecule has 7 heteroatoms. The first-order valence-electron chi connectivity index (χ1n) is 6.33. The average molecular weight is 386 g/mol. The standard InChI is InChI=1S/C15H14BrClN2O3/c1-22-13-5-10(16)4-12(7-13)18-15(21)19-14-6-11(17)3-2-9(14)8-20/h2-7,20H,8H2,1H3,(H2,18,19,21). The van der Waals surface area contributed by atoms with E-state index >= 15 is 0 Å². The van der Waals surface area contributed by atoms with Crippen molar-refractivity contribution in [1.29, 1.82) is 0 Å². The van der Waals surface area contributed by atoms with Crippen molar-refractivity contribution in [2.45, 2.75) is 6.61 Å². The summed E-state index contributed by atoms with van der Waals surface area (Å²) in [6.07, 6.45) is 0. The third kappa shape index (κ3) is 4.37. The molecule has 22 heavy (non-hydrogen) atoms. The molecule has 0 aliphatic carbocycles. The first-order valence-corrected chi connectivity index (χ1v) is 7.51. The number of carbonyl (C=O) groups excluding carboxylic acids is 1. The fourth-order valence-electron chi connectivity index (χ4n) is 1.84. The fraction of sp³-hybridized carbons (Fsp3) is 0.133. The normalized spacial score (nSPS) is 10.2. The van der Waals surface area contributed by atoms with Crippen molar-refractivity contribution < 1.29 is 14.6 Å². The van der Waals surface area contributed by atoms with Crippen LogP contribution >= 0.6 is 27.5 Å². The van der Waals surface area contributed by atoms with Gasteiger partial charge in [0.15, 0.2) is 0 Å². The van der Waals surface area contributed by atoms with Crippen LogP contribution in [0.15, 0.2) is 40.9 Å². The number of urea groups is 1. The molecule has 0 saturated carbocycles. The van der Waals surface area contributed by atoms with Gasteiger partial charge in [0.05, 0.1) is 13.7 Å². The number of anilines is 2. The summed E-state index contributed by atoms with van der Waals surface area (Å²) in [7, 11) is 1.55. The predicted molar refractivity (Wildman–Crippen MR) is 90.7 cm³/mol. The molecule has 0 radical (unpaired) electrons. The highest BCUT2D eigenvalue weighted by atomic mass is 79.9. The molecule has 0 aliphatic rings. The molecule has 0 saturated heterocycles. The van der Waals surface area contributed by atoms with Crippen LogP contribution in [-0.2, 0) is 6.61 Å². The Morgan fingerprint density at radius 2 is 2.05 bits per heavy atom. The summed E-state index contributed by atoms with van der Waals surface area (Å²) in [5.74, 6) is 0.614. The van der Waals surface area contributed by atoms with Crippen LogP contribution in [-0.4, -0.2) is 18.2 Å². The molecule has 2 amide bonds. The van der Waals surface area contributed by atoms with Crippen molar-refractivity contribution >= 4 is 44.9 Å². The highest BCUT2D eigenvalue weighted by Crippen LogP contribution is 2.25. The zero-order chi connectivity index (χ0) is 16.1. The fourth-order valence-corrected chi connectivity index (χ4v) is 2.48. The van der Waals surface area contributed by atoms with Crippen molar-refractivity contribution in [2.24, 2.45) is 0 Å². The maximum Gasteiger partial charge on any atom is 0.323 e. The number of halogens is 2. The van der Waals surface area contributed by atoms with E-state index < -0.39 is 6.03 Å². The van der Waals surface area contributed by atoms with E-state index in [-0.39, 0.29) is 6.61 Å². The molecular weight excluding hydrogens is 372 g/mol. The van der Waals surface area contributed by atoms with E-state index in [1.165, 1.54) is 0 Å². The van der Waals surface area contributed by atoms with Gasteiger partial charge in [-0.25, -0.2) is 4.79 Å². The van der Waals surface area contributed by atoms with Gasteiger partial charge < -0.3 is 20.5 Å². The van der Waals surface area contributed by atoms with Gasteiger partial charge in [-0.2, -0.15) is 0 Å². The minimum atomic E-state index is -0.447. The van der Waals surface area contributed by atoms with E-state index in [1.54, 1.807) is 43.5 Å². The average Bonchev–Trinajstić information content (AvgIpc) is 2.46. The largest absolute Gasteiger partial charge is 0.497 e. The number of hydrogen-bond acceptors (Lipinski definition) is 3. The third-order valence-electron chi connectivity index (χ3n) is 2.86. The Morgan fingerprint density at radius 3 is 2.73 bits per heavy atom. The lowest BCUT2D eigenvalue weighted by Gasteiger charge is -2.12. The van der Waals surface area contributed by atoms with Crippen molar-refractivity contribution in [3.05, 3.63) is 51.5 Å². The van der Waals surface area contributed by atoms with Gasteiger partial charge in [0.1, 0.15) is 5.75 Å². The summed E-state index contributed by atoms with van der Waals surface area (Å²) in [6.45, 7) is -0.197. The Morgan fingerprint density at radius 1 is 1.27 bits per heavy atom. The van der Waals surface area contributed by atoms with Gasteiger partial charge in [0.25, 0.3) is 0 Å². The number of carbonyl (C=O) groups is 1. The second-order valence-electron chi connectivity index (χ2n) is 4.42. The van der Waals surface area contributed by atoms with Gasteiger partial charge in [-0.3, -0.25) is 0 Å². The molecule has 0 unspecified atom stereocenters. The number of amides is 2. The zero-order valence-electron chi connectivity index (χ0n) is 11.7. The molecule has 2 aromatic carbocycles. The van der Waals surface area contributed by atoms with Crippen LogP contribution in [0.4, 0.5) is 16.2 Å². The van der Waals surface area contributed by atoms with Crippen molar-refractivity contribution in [1.82, 2.24) is 0 Å². The number of aliphatic hydroxyl groups excluding tert-OH is 1. The van der Waals surface area contributed by atoms with E-state index in [1.807, 2.05) is 0 Å². The molecule has 2 aromatic rings. The van der Waals surface area contributed by atoms with Crippen LogP contribution in [0, 0.1) is 0 Å². The SMILES string of the molecule is COc1cc(Br)cc(NC(=O)Nc2cc(Cl)ccc2CO)c1. The number of benzene rings is 2. The Labute approximate surface area is 141 Å². The maximum atomic E-state index is 12.1. The van der Waals surface area contributed by atoms with E-state index in [2.05, 4.69) is 26.6 Å². The van der Waals surface area contributed by atoms with Gasteiger partial charge >= 0.3 is 6.03 Å². The van der Waals surface area contributed by atoms with Gasteiger partial charge in [-0.05, 0) is 24.3 Å². The molecule has 116 valence electrons. The smallest absolute Gasteiger partial charge is 0.323 e. The van der Waals surface area contributed by atoms with Crippen LogP contribution in [0.1, 0.15) is 5.56 Å². The molecule has 0 heterocycles. The number of methoxy groups -OCH3 is 1. The monoisotopic (exact) mass is 384 g/mol. The lowest BCUT2D eigenvalue weighted by atomic mass is 10.2. The minimum Gasteiger partial charge on any atom is -0.497 e. The predicted octanol–water partition coefficient (Wildman–Crippen LogP) is 4.25. The lowest BCUT2D eigenvalue weighted by Crippen LogP contribution is -2.20. The number of rotatable bonds is 4. The molecule has 0 atom stereocenters. The van der Waals surface area contributed by atoms with Crippen molar-refractivity contribution in [2.75, 3.05) is 17.7 Å². The molecular formula is C15H14BrClN2O3. The summed E-state index contributed by atoms with van der Waals surface area (Å²) >= 11 is 9.24. The Kier molecular flexibility index (Phi) is 5.65. The summed E-state index contributed by atoms with van der Waals surface area (Å²) in [5, 5.41) is 15.1. The van der Waals surface area contributed by atoms with Crippen LogP contribution in [0.25, 0.3) is 0 Å². The lowest BCUT2D eigenvalue weighted by molar-refractivity contribution is 0.262. The number of ether oxygens (including phenoxy) is 1. The topological polar surface area (TPSA) is 70.6 Å². The van der Waals surface area contributed by atoms with E-state index in [0.717, 1.165) is 4.47 Å². The molecule has 0 bridgehead atoms. The highest BCUT2D eigenvalue weighted by Gasteiger charge is 2.09. The minimum absolute atomic E-state index is 0.197. The number of aliphatic hydroxyl groups is 1. The summed E-state index contributed by atoms with van der Waals surface area (Å²) < 4.78 is 5.91. The van der Waals surface area contributed by atoms with Crippen LogP contribution in [0.3, 0.4) is 0 Å². The summed E-state index contributed by atoms with van der Waals surface area (Å²) in [6, 6.07) is 9.65. The Hall–Kier alpha value is -1.76. The van der Waals surface area contributed by atoms with E-state index in [9.17, 15) is 9.90 Å². The van der Waals surface area contributed by atoms with Gasteiger partial charge in [-0.1, -0.05) is 33.6 Å². The van der Waals surface area contributed by atoms with Gasteiger partial charge in [0.2, 0.25) is 0 Å². The van der Waals surface area contributed by atoms with E-state index in [4.69, 9.17) is 16.3 Å². The van der Waals surface area contributed by atoms with Crippen molar-refractivity contribution in [3.63, 3.8) is 0 Å². The van der Waals surface area contributed by atoms with Crippen LogP contribution in [0.2, 0.25) is 5.02 Å². The quantitative estimate of drug-likeness (QED) is 0.737. The maximum absolute atomic E-state index is 12.1. The second-order valence-corrected chi connectivity index (χ2v) is 5.77. The van der Waals surface area contributed by atoms with Gasteiger partial charge in [0, 0.05) is 32.5 Å². The Balaban J connectivity index is 2.13. The molecule has 0 spiro atoms. The molecule has 0 fully saturated rings. The molecule has 0 aliphatic heterocycles. The van der Waals surface area contributed by atoms with Crippen LogP contribution in [0.5, 0.6) is 5.75 Å². The molecule has 3 N–H and O–H groups in total.